The van der Waals surface area contributed by atoms with Gasteiger partial charge in [0.05, 0.1) is 91.6 Å². The molecule has 15 heteroatoms. The fourth-order valence-electron chi connectivity index (χ4n) is 4.00. The number of carbonyl (C=O) groups excluding carboxylic acids is 2. The molecule has 0 aliphatic heterocycles. The van der Waals surface area contributed by atoms with Crippen molar-refractivity contribution in [3.63, 3.8) is 0 Å². The molecule has 15 nitrogen and oxygen atoms in total. The van der Waals surface area contributed by atoms with Crippen LogP contribution in [-0.4, -0.2) is 121 Å². The highest BCUT2D eigenvalue weighted by atomic mass is 16.6. The van der Waals surface area contributed by atoms with Gasteiger partial charge in [-0.15, -0.1) is 10.2 Å². The zero-order valence-electron chi connectivity index (χ0n) is 26.2. The van der Waals surface area contributed by atoms with Crippen LogP contribution in [0.1, 0.15) is 32.1 Å². The average molecular weight is 653 g/mol. The summed E-state index contributed by atoms with van der Waals surface area (Å²) in [6.07, 6.45) is 3.11. The van der Waals surface area contributed by atoms with Crippen LogP contribution in [0.25, 0.3) is 0 Å². The van der Waals surface area contributed by atoms with Crippen LogP contribution in [0, 0.1) is 0 Å². The third-order valence-corrected chi connectivity index (χ3v) is 6.28. The molecule has 4 rings (SSSR count). The van der Waals surface area contributed by atoms with Crippen LogP contribution < -0.4 is 0 Å². The maximum absolute atomic E-state index is 12.1. The first-order valence-corrected chi connectivity index (χ1v) is 15.3. The Bertz CT molecular complexity index is 1330. The molecular formula is C32H40N6O9. The van der Waals surface area contributed by atoms with Gasteiger partial charge in [-0.3, -0.25) is 0 Å². The topological polar surface area (TPSA) is 160 Å². The molecule has 0 saturated carbocycles. The molecule has 2 aromatic carbocycles. The monoisotopic (exact) mass is 652 g/mol. The second-order valence-electron chi connectivity index (χ2n) is 9.91. The van der Waals surface area contributed by atoms with Crippen molar-refractivity contribution in [2.45, 2.75) is 13.1 Å². The van der Waals surface area contributed by atoms with Crippen molar-refractivity contribution in [3.05, 3.63) is 95.6 Å². The van der Waals surface area contributed by atoms with E-state index in [1.54, 1.807) is 21.8 Å². The Hall–Kier alpha value is -4.54. The van der Waals surface area contributed by atoms with E-state index in [2.05, 4.69) is 20.6 Å². The quantitative estimate of drug-likeness (QED) is 0.0800. The Balaban J connectivity index is 0.868. The maximum Gasteiger partial charge on any atom is 0.360 e. The minimum Gasteiger partial charge on any atom is -0.458 e. The second kappa shape index (κ2) is 21.3. The van der Waals surface area contributed by atoms with Gasteiger partial charge in [0.2, 0.25) is 0 Å². The first-order valence-electron chi connectivity index (χ1n) is 15.3. The molecule has 0 spiro atoms. The Morgan fingerprint density at radius 2 is 0.787 bits per heavy atom. The van der Waals surface area contributed by atoms with Crippen molar-refractivity contribution < 1.29 is 42.7 Å². The highest BCUT2D eigenvalue weighted by molar-refractivity contribution is 5.87. The van der Waals surface area contributed by atoms with Gasteiger partial charge in [-0.1, -0.05) is 71.1 Å². The van der Waals surface area contributed by atoms with Gasteiger partial charge in [0.1, 0.15) is 13.2 Å². The molecule has 47 heavy (non-hydrogen) atoms. The van der Waals surface area contributed by atoms with Crippen molar-refractivity contribution in [3.8, 4) is 0 Å². The molecule has 0 N–H and O–H groups in total. The van der Waals surface area contributed by atoms with Crippen molar-refractivity contribution >= 4 is 11.9 Å². The fourth-order valence-corrected chi connectivity index (χ4v) is 4.00. The summed E-state index contributed by atoms with van der Waals surface area (Å²) in [5.74, 6) is -1.09. The minimum absolute atomic E-state index is 0.104. The number of hydrogen-bond donors (Lipinski definition) is 0. The second-order valence-corrected chi connectivity index (χ2v) is 9.91. The van der Waals surface area contributed by atoms with Crippen LogP contribution in [0.15, 0.2) is 73.1 Å². The molecule has 0 fully saturated rings. The summed E-state index contributed by atoms with van der Waals surface area (Å²) in [5, 5.41) is 15.7. The molecule has 252 valence electrons. The smallest absolute Gasteiger partial charge is 0.360 e. The number of ether oxygens (including phenoxy) is 7. The minimum atomic E-state index is -0.547. The zero-order chi connectivity index (χ0) is 32.8. The molecule has 2 aromatic heterocycles. The summed E-state index contributed by atoms with van der Waals surface area (Å²) in [7, 11) is 0. The molecule has 4 aromatic rings. The first-order chi connectivity index (χ1) is 23.2. The van der Waals surface area contributed by atoms with Gasteiger partial charge in [0.15, 0.2) is 11.4 Å². The Morgan fingerprint density at radius 3 is 1.13 bits per heavy atom. The number of benzene rings is 2. The third-order valence-electron chi connectivity index (χ3n) is 6.28. The standard InChI is InChI=1S/C32H40N6O9/c39-31(29-25-37(35-33-29)23-27-7-3-1-4-8-27)46-21-19-44-17-15-42-13-11-41-12-14-43-16-18-45-20-22-47-32(40)30-26-38(36-34-30)24-28-9-5-2-6-10-28/h1-10,25-26H,11-24H2. The summed E-state index contributed by atoms with van der Waals surface area (Å²) in [5.41, 5.74) is 2.41. The normalized spacial score (nSPS) is 11.1. The van der Waals surface area contributed by atoms with E-state index in [4.69, 9.17) is 33.2 Å². The summed E-state index contributed by atoms with van der Waals surface area (Å²) in [6.45, 7) is 4.94. The van der Waals surface area contributed by atoms with Crippen LogP contribution in [-0.2, 0) is 46.2 Å². The van der Waals surface area contributed by atoms with Crippen molar-refractivity contribution in [2.75, 3.05) is 79.3 Å². The number of hydrogen-bond acceptors (Lipinski definition) is 13. The molecule has 2 heterocycles. The fraction of sp³-hybridized carbons (Fsp3) is 0.438. The van der Waals surface area contributed by atoms with Crippen molar-refractivity contribution in [1.29, 1.82) is 0 Å². The largest absolute Gasteiger partial charge is 0.458 e. The highest BCUT2D eigenvalue weighted by Crippen LogP contribution is 2.04. The molecule has 0 unspecified atom stereocenters. The first kappa shape index (κ1) is 35.3. The Labute approximate surface area is 272 Å². The lowest BCUT2D eigenvalue weighted by Crippen LogP contribution is -2.15. The van der Waals surface area contributed by atoms with Gasteiger partial charge in [0.25, 0.3) is 0 Å². The van der Waals surface area contributed by atoms with E-state index in [9.17, 15) is 9.59 Å². The molecule has 0 amide bonds. The van der Waals surface area contributed by atoms with Gasteiger partial charge in [-0.05, 0) is 11.1 Å². The van der Waals surface area contributed by atoms with E-state index in [1.165, 1.54) is 0 Å². The Kier molecular flexibility index (Phi) is 16.0. The van der Waals surface area contributed by atoms with Gasteiger partial charge in [0, 0.05) is 0 Å². The van der Waals surface area contributed by atoms with E-state index in [0.717, 1.165) is 11.1 Å². The highest BCUT2D eigenvalue weighted by Gasteiger charge is 2.13. The summed E-state index contributed by atoms with van der Waals surface area (Å²) < 4.78 is 40.7. The SMILES string of the molecule is O=C(OCCOCCOCCOCCOCCOCCOC(=O)c1cn(Cc2ccccc2)nn1)c1cn(Cc2ccccc2)nn1. The van der Waals surface area contributed by atoms with Gasteiger partial charge in [-0.25, -0.2) is 19.0 Å². The van der Waals surface area contributed by atoms with E-state index in [-0.39, 0.29) is 37.8 Å². The van der Waals surface area contributed by atoms with E-state index in [0.29, 0.717) is 65.9 Å². The number of rotatable bonds is 24. The lowest BCUT2D eigenvalue weighted by atomic mass is 10.2. The molecule has 0 aliphatic carbocycles. The van der Waals surface area contributed by atoms with Gasteiger partial charge in [-0.2, -0.15) is 0 Å². The maximum atomic E-state index is 12.1. The number of aromatic nitrogens is 6. The average Bonchev–Trinajstić information content (AvgIpc) is 3.77. The van der Waals surface area contributed by atoms with Crippen molar-refractivity contribution in [2.24, 2.45) is 0 Å². The lowest BCUT2D eigenvalue weighted by molar-refractivity contribution is -0.0181. The van der Waals surface area contributed by atoms with Crippen LogP contribution in [0.4, 0.5) is 0 Å². The van der Waals surface area contributed by atoms with Gasteiger partial charge < -0.3 is 33.2 Å². The number of carbonyl (C=O) groups is 2. The van der Waals surface area contributed by atoms with E-state index < -0.39 is 11.9 Å². The molecule has 0 radical (unpaired) electrons. The van der Waals surface area contributed by atoms with Crippen LogP contribution in [0.5, 0.6) is 0 Å². The zero-order valence-corrected chi connectivity index (χ0v) is 26.2. The molecular weight excluding hydrogens is 612 g/mol. The van der Waals surface area contributed by atoms with E-state index >= 15 is 0 Å². The lowest BCUT2D eigenvalue weighted by Gasteiger charge is -2.08. The van der Waals surface area contributed by atoms with E-state index in [1.807, 2.05) is 60.7 Å². The molecule has 0 bridgehead atoms. The van der Waals surface area contributed by atoms with Crippen LogP contribution in [0.3, 0.4) is 0 Å². The number of esters is 2. The molecule has 0 saturated heterocycles. The van der Waals surface area contributed by atoms with Crippen LogP contribution in [0.2, 0.25) is 0 Å². The van der Waals surface area contributed by atoms with Crippen LogP contribution >= 0.6 is 0 Å². The summed E-state index contributed by atoms with van der Waals surface area (Å²) in [6, 6.07) is 19.5. The van der Waals surface area contributed by atoms with Gasteiger partial charge >= 0.3 is 11.9 Å². The predicted molar refractivity (Wildman–Crippen MR) is 166 cm³/mol. The molecule has 0 atom stereocenters. The predicted octanol–water partition coefficient (Wildman–Crippen LogP) is 2.06. The Morgan fingerprint density at radius 1 is 0.468 bits per heavy atom. The third kappa shape index (κ3) is 14.2. The number of nitrogens with zero attached hydrogens (tertiary/aromatic N) is 6. The summed E-state index contributed by atoms with van der Waals surface area (Å²) >= 11 is 0. The summed E-state index contributed by atoms with van der Waals surface area (Å²) in [4.78, 5) is 24.2. The van der Waals surface area contributed by atoms with Crippen molar-refractivity contribution in [1.82, 2.24) is 30.0 Å². The molecule has 0 aliphatic rings.